The molecule has 0 N–H and O–H groups in total. The topological polar surface area (TPSA) is 123 Å². The molecule has 0 unspecified atom stereocenters. The molecular weight excluding hydrogens is 1040 g/mol. The van der Waals surface area contributed by atoms with Gasteiger partial charge in [-0.1, -0.05) is 118 Å². The number of hydrogen-bond acceptors (Lipinski definition) is 8. The summed E-state index contributed by atoms with van der Waals surface area (Å²) in [6.45, 7) is 0. The molecule has 16 heteroatoms. The molecule has 400 valence electrons. The number of hydrogen-bond donors (Lipinski definition) is 0. The molecule has 0 spiro atoms. The number of aromatic nitrogens is 12. The lowest BCUT2D eigenvalue weighted by Crippen LogP contribution is -2.67. The zero-order chi connectivity index (χ0) is 55.2. The van der Waals surface area contributed by atoms with Crippen LogP contribution >= 0.6 is 0 Å². The van der Waals surface area contributed by atoms with Gasteiger partial charge in [0.25, 0.3) is 0 Å². The van der Waals surface area contributed by atoms with E-state index in [1.807, 2.05) is 24.8 Å². The van der Waals surface area contributed by atoms with Crippen LogP contribution in [0.25, 0.3) is 67.8 Å². The highest BCUT2D eigenvalue weighted by atomic mass is 19.1. The van der Waals surface area contributed by atoms with Crippen molar-refractivity contribution >= 4 is 0 Å². The summed E-state index contributed by atoms with van der Waals surface area (Å²) in [6.07, 6.45) is 13.0. The molecule has 0 aliphatic heterocycles. The number of benzene rings is 8. The van der Waals surface area contributed by atoms with Gasteiger partial charge in [0.1, 0.15) is 46.0 Å². The summed E-state index contributed by atoms with van der Waals surface area (Å²) in [5.41, 5.74) is 13.2. The molecule has 8 aromatic carbocycles. The Labute approximate surface area is 468 Å². The zero-order valence-corrected chi connectivity index (χ0v) is 43.9. The highest BCUT2D eigenvalue weighted by Gasteiger charge is 2.69. The van der Waals surface area contributed by atoms with Crippen molar-refractivity contribution < 1.29 is 17.6 Å². The van der Waals surface area contributed by atoms with Gasteiger partial charge in [0, 0.05) is 22.3 Å². The maximum Gasteiger partial charge on any atom is 0.123 e. The second kappa shape index (κ2) is 18.8. The normalized spacial score (nSPS) is 20.8. The molecule has 0 atom stereocenters. The van der Waals surface area contributed by atoms with Crippen LogP contribution in [-0.4, -0.2) is 60.0 Å². The van der Waals surface area contributed by atoms with Gasteiger partial charge in [0.2, 0.25) is 0 Å². The Kier molecular flexibility index (Phi) is 11.3. The molecule has 0 amide bonds. The van der Waals surface area contributed by atoms with Crippen molar-refractivity contribution in [2.24, 2.45) is 0 Å². The molecule has 0 saturated heterocycles. The van der Waals surface area contributed by atoms with Crippen LogP contribution in [-0.2, 0) is 21.7 Å². The molecule has 4 aliphatic carbocycles. The number of rotatable bonds is 12. The lowest BCUT2D eigenvalue weighted by Gasteiger charge is -2.71. The zero-order valence-electron chi connectivity index (χ0n) is 43.9. The van der Waals surface area contributed by atoms with Crippen molar-refractivity contribution in [3.05, 3.63) is 264 Å². The predicted molar refractivity (Wildman–Crippen MR) is 301 cm³/mol. The molecule has 4 heterocycles. The van der Waals surface area contributed by atoms with Crippen molar-refractivity contribution in [3.8, 4) is 67.8 Å². The van der Waals surface area contributed by atoms with Gasteiger partial charge in [-0.15, -0.1) is 20.4 Å². The average molecular weight is 1090 g/mol. The van der Waals surface area contributed by atoms with Crippen LogP contribution in [0, 0.1) is 23.3 Å². The fourth-order valence-electron chi connectivity index (χ4n) is 14.3. The summed E-state index contributed by atoms with van der Waals surface area (Å²) in [5.74, 6) is -1.27. The predicted octanol–water partition coefficient (Wildman–Crippen LogP) is 13.7. The number of halogens is 4. The fourth-order valence-corrected chi connectivity index (χ4v) is 14.3. The van der Waals surface area contributed by atoms with Gasteiger partial charge in [-0.05, 0) is 180 Å². The minimum absolute atomic E-state index is 0.303. The largest absolute Gasteiger partial charge is 0.220 e. The van der Waals surface area contributed by atoms with Crippen LogP contribution in [0.15, 0.2) is 219 Å². The van der Waals surface area contributed by atoms with Gasteiger partial charge in [0.15, 0.2) is 0 Å². The number of nitrogens with zero attached hydrogens (tertiary/aromatic N) is 12. The molecule has 12 nitrogen and oxygen atoms in total. The quantitative estimate of drug-likeness (QED) is 0.111. The van der Waals surface area contributed by atoms with Crippen LogP contribution in [0.5, 0.6) is 0 Å². The third kappa shape index (κ3) is 8.51. The highest BCUT2D eigenvalue weighted by molar-refractivity contribution is 5.65. The van der Waals surface area contributed by atoms with E-state index < -0.39 is 0 Å². The monoisotopic (exact) mass is 1080 g/mol. The summed E-state index contributed by atoms with van der Waals surface area (Å²) >= 11 is 0. The molecule has 4 aromatic heterocycles. The van der Waals surface area contributed by atoms with E-state index in [-0.39, 0.29) is 44.9 Å². The third-order valence-electron chi connectivity index (χ3n) is 17.6. The van der Waals surface area contributed by atoms with Crippen molar-refractivity contribution in [3.63, 3.8) is 0 Å². The Balaban J connectivity index is 0.847. The van der Waals surface area contributed by atoms with Gasteiger partial charge < -0.3 is 0 Å². The molecule has 4 fully saturated rings. The summed E-state index contributed by atoms with van der Waals surface area (Å²) in [4.78, 5) is 0. The van der Waals surface area contributed by atoms with E-state index in [9.17, 15) is 17.6 Å². The van der Waals surface area contributed by atoms with Crippen molar-refractivity contribution in [2.45, 2.75) is 60.2 Å². The maximum absolute atomic E-state index is 13.9. The third-order valence-corrected chi connectivity index (χ3v) is 17.6. The van der Waals surface area contributed by atoms with E-state index >= 15 is 0 Å². The van der Waals surface area contributed by atoms with Gasteiger partial charge >= 0.3 is 0 Å². The lowest BCUT2D eigenvalue weighted by atomic mass is 9.32. The Morgan fingerprint density at radius 1 is 0.244 bits per heavy atom. The Bertz CT molecular complexity index is 3710. The molecule has 4 aliphatic rings. The maximum atomic E-state index is 13.9. The summed E-state index contributed by atoms with van der Waals surface area (Å²) in [7, 11) is 0. The van der Waals surface area contributed by atoms with Crippen molar-refractivity contribution in [2.75, 3.05) is 0 Å². The Hall–Kier alpha value is -9.96. The highest BCUT2D eigenvalue weighted by Crippen LogP contribution is 2.75. The minimum Gasteiger partial charge on any atom is -0.220 e. The van der Waals surface area contributed by atoms with Crippen LogP contribution < -0.4 is 0 Å². The van der Waals surface area contributed by atoms with E-state index in [0.29, 0.717) is 45.5 Å². The first kappa shape index (κ1) is 49.1. The van der Waals surface area contributed by atoms with E-state index in [2.05, 4.69) is 138 Å². The first-order valence-corrected chi connectivity index (χ1v) is 27.1. The molecule has 16 rings (SSSR count). The summed E-state index contributed by atoms with van der Waals surface area (Å²) < 4.78 is 62.1. The van der Waals surface area contributed by atoms with Gasteiger partial charge in [-0.2, -0.15) is 0 Å². The second-order valence-corrected chi connectivity index (χ2v) is 22.6. The van der Waals surface area contributed by atoms with E-state index in [1.54, 1.807) is 67.3 Å². The van der Waals surface area contributed by atoms with E-state index in [1.165, 1.54) is 70.8 Å². The van der Waals surface area contributed by atoms with E-state index in [4.69, 9.17) is 0 Å². The average Bonchev–Trinajstić information content (AvgIpc) is 2.22. The second-order valence-electron chi connectivity index (χ2n) is 22.6. The first-order valence-electron chi connectivity index (χ1n) is 27.1. The van der Waals surface area contributed by atoms with Gasteiger partial charge in [0.05, 0.1) is 47.5 Å². The first-order chi connectivity index (χ1) is 40.0. The summed E-state index contributed by atoms with van der Waals surface area (Å²) in [5, 5.41) is 35.9. The molecule has 82 heavy (non-hydrogen) atoms. The van der Waals surface area contributed by atoms with Crippen LogP contribution in [0.4, 0.5) is 17.6 Å². The van der Waals surface area contributed by atoms with E-state index in [0.717, 1.165) is 60.8 Å². The fraction of sp³-hybridized carbons (Fsp3) is 0.152. The van der Waals surface area contributed by atoms with Crippen molar-refractivity contribution in [1.82, 2.24) is 60.0 Å². The standard InChI is InChI=1S/C66H48F4N12/c67-51-17-25-55(26-18-51)79-33-59(71-75-79)43-1-9-47(10-2-43)63-37-64(48-11-3-44(4-12-48)60-34-80(76-72-60)56-27-19-52(68)20-28-56)40-65(38-63,49-13-5-45(6-14-49)61-35-81(77-73-61)57-29-21-53(69)22-30-57)42-66(39-63,41-64)50-15-7-46(8-16-50)62-36-82(78-74-62)58-31-23-54(70)24-32-58/h1-36H,37-42H2. The van der Waals surface area contributed by atoms with Gasteiger partial charge in [-0.25, -0.2) is 36.3 Å². The Morgan fingerprint density at radius 3 is 0.610 bits per heavy atom. The lowest BCUT2D eigenvalue weighted by molar-refractivity contribution is -0.0691. The van der Waals surface area contributed by atoms with Crippen molar-refractivity contribution in [1.29, 1.82) is 0 Å². The molecular formula is C66H48F4N12. The van der Waals surface area contributed by atoms with Crippen LogP contribution in [0.1, 0.15) is 60.8 Å². The SMILES string of the molecule is Fc1ccc(-n2cc(-c3ccc(C45CC6(c7ccc(-c8cn(-c9ccc(F)cc9)nn8)cc7)CC(c7ccc(-c8cn(-c9ccc(F)cc9)nn8)cc7)(C4)CC(c4ccc(-c7cn(-c8ccc(F)cc8)nn7)cc4)(C5)C6)cc3)nn2)cc1. The smallest absolute Gasteiger partial charge is 0.123 e. The molecule has 0 radical (unpaired) electrons. The van der Waals surface area contributed by atoms with Gasteiger partial charge in [-0.3, -0.25) is 0 Å². The van der Waals surface area contributed by atoms with Crippen LogP contribution in [0.3, 0.4) is 0 Å². The molecule has 12 aromatic rings. The van der Waals surface area contributed by atoms with Crippen LogP contribution in [0.2, 0.25) is 0 Å². The Morgan fingerprint density at radius 2 is 0.427 bits per heavy atom. The minimum atomic E-state index is -0.319. The molecule has 4 bridgehead atoms. The summed E-state index contributed by atoms with van der Waals surface area (Å²) in [6, 6.07) is 60.4. The molecule has 4 saturated carbocycles.